The zero-order valence-corrected chi connectivity index (χ0v) is 11.4. The van der Waals surface area contributed by atoms with Gasteiger partial charge in [-0.1, -0.05) is 6.58 Å². The van der Waals surface area contributed by atoms with Crippen molar-refractivity contribution in [2.24, 2.45) is 0 Å². The highest BCUT2D eigenvalue weighted by Gasteiger charge is 2.17. The molecule has 1 aromatic rings. The topological polar surface area (TPSA) is 32.8 Å². The molecular formula is C15H19FN2O2. The molecule has 0 unspecified atom stereocenters. The zero-order chi connectivity index (χ0) is 14.4. The van der Waals surface area contributed by atoms with Crippen LogP contribution >= 0.6 is 0 Å². The molecule has 1 saturated heterocycles. The fraction of sp³-hybridized carbons (Fsp3) is 0.400. The van der Waals surface area contributed by atoms with Crippen LogP contribution in [0.2, 0.25) is 0 Å². The van der Waals surface area contributed by atoms with E-state index in [1.54, 1.807) is 12.1 Å². The normalized spacial score (nSPS) is 15.9. The van der Waals surface area contributed by atoms with Crippen LogP contribution in [0.4, 0.5) is 10.1 Å². The van der Waals surface area contributed by atoms with Gasteiger partial charge in [-0.3, -0.25) is 4.90 Å². The Morgan fingerprint density at radius 2 is 1.90 bits per heavy atom. The molecular weight excluding hydrogens is 259 g/mol. The average molecular weight is 278 g/mol. The van der Waals surface area contributed by atoms with Crippen molar-refractivity contribution in [3.8, 4) is 0 Å². The summed E-state index contributed by atoms with van der Waals surface area (Å²) in [5.41, 5.74) is 1.05. The van der Waals surface area contributed by atoms with Gasteiger partial charge in [0.15, 0.2) is 0 Å². The first-order valence-corrected chi connectivity index (χ1v) is 6.71. The Balaban J connectivity index is 1.73. The highest BCUT2D eigenvalue weighted by atomic mass is 19.1. The fourth-order valence-corrected chi connectivity index (χ4v) is 2.22. The summed E-state index contributed by atoms with van der Waals surface area (Å²) in [6.45, 7) is 8.07. The monoisotopic (exact) mass is 278 g/mol. The second-order valence-corrected chi connectivity index (χ2v) is 4.68. The van der Waals surface area contributed by atoms with Gasteiger partial charge >= 0.3 is 5.97 Å². The van der Waals surface area contributed by atoms with Crippen LogP contribution in [0.25, 0.3) is 0 Å². The number of carbonyl (C=O) groups is 1. The van der Waals surface area contributed by atoms with E-state index in [0.717, 1.165) is 38.4 Å². The molecule has 1 fully saturated rings. The van der Waals surface area contributed by atoms with Crippen LogP contribution in [-0.4, -0.2) is 50.2 Å². The van der Waals surface area contributed by atoms with Crippen LogP contribution in [0.5, 0.6) is 0 Å². The number of hydrogen-bond donors (Lipinski definition) is 0. The molecule has 1 aliphatic rings. The lowest BCUT2D eigenvalue weighted by atomic mass is 10.2. The summed E-state index contributed by atoms with van der Waals surface area (Å²) in [4.78, 5) is 15.4. The number of hydrogen-bond acceptors (Lipinski definition) is 4. The van der Waals surface area contributed by atoms with E-state index in [1.807, 2.05) is 0 Å². The Morgan fingerprint density at radius 3 is 2.50 bits per heavy atom. The van der Waals surface area contributed by atoms with Crippen LogP contribution < -0.4 is 4.90 Å². The van der Waals surface area contributed by atoms with Crippen molar-refractivity contribution < 1.29 is 13.9 Å². The number of benzene rings is 1. The third kappa shape index (κ3) is 4.06. The smallest absolute Gasteiger partial charge is 0.330 e. The SMILES string of the molecule is C=CC(=O)OCCN1CCN(c2ccc(F)cc2)CC1. The third-order valence-corrected chi connectivity index (χ3v) is 3.38. The van der Waals surface area contributed by atoms with E-state index in [1.165, 1.54) is 18.2 Å². The van der Waals surface area contributed by atoms with Gasteiger partial charge in [0.2, 0.25) is 0 Å². The molecule has 0 spiro atoms. The lowest BCUT2D eigenvalue weighted by Gasteiger charge is -2.35. The van der Waals surface area contributed by atoms with Crippen molar-refractivity contribution in [2.75, 3.05) is 44.2 Å². The maximum atomic E-state index is 12.9. The Morgan fingerprint density at radius 1 is 1.25 bits per heavy atom. The van der Waals surface area contributed by atoms with Crippen LogP contribution in [0.1, 0.15) is 0 Å². The van der Waals surface area contributed by atoms with Crippen molar-refractivity contribution >= 4 is 11.7 Å². The summed E-state index contributed by atoms with van der Waals surface area (Å²) in [7, 11) is 0. The van der Waals surface area contributed by atoms with Gasteiger partial charge < -0.3 is 9.64 Å². The molecule has 4 nitrogen and oxygen atoms in total. The van der Waals surface area contributed by atoms with Gasteiger partial charge in [0, 0.05) is 44.5 Å². The molecule has 1 aliphatic heterocycles. The summed E-state index contributed by atoms with van der Waals surface area (Å²) in [5.74, 6) is -0.591. The number of nitrogens with zero attached hydrogens (tertiary/aromatic N) is 2. The van der Waals surface area contributed by atoms with E-state index in [4.69, 9.17) is 4.74 Å². The molecule has 108 valence electrons. The van der Waals surface area contributed by atoms with Crippen LogP contribution in [0.3, 0.4) is 0 Å². The van der Waals surface area contributed by atoms with Crippen molar-refractivity contribution in [3.05, 3.63) is 42.7 Å². The largest absolute Gasteiger partial charge is 0.461 e. The van der Waals surface area contributed by atoms with Crippen LogP contribution in [0, 0.1) is 5.82 Å². The number of halogens is 1. The Kier molecular flexibility index (Phi) is 5.12. The average Bonchev–Trinajstić information content (AvgIpc) is 2.48. The number of rotatable bonds is 5. The third-order valence-electron chi connectivity index (χ3n) is 3.38. The molecule has 0 N–H and O–H groups in total. The lowest BCUT2D eigenvalue weighted by Crippen LogP contribution is -2.47. The predicted molar refractivity (Wildman–Crippen MR) is 76.2 cm³/mol. The summed E-state index contributed by atoms with van der Waals surface area (Å²) >= 11 is 0. The second-order valence-electron chi connectivity index (χ2n) is 4.68. The molecule has 0 radical (unpaired) electrons. The minimum Gasteiger partial charge on any atom is -0.461 e. The zero-order valence-electron chi connectivity index (χ0n) is 11.4. The molecule has 1 aromatic carbocycles. The molecule has 0 aliphatic carbocycles. The summed E-state index contributed by atoms with van der Waals surface area (Å²) < 4.78 is 17.8. The fourth-order valence-electron chi connectivity index (χ4n) is 2.22. The highest BCUT2D eigenvalue weighted by Crippen LogP contribution is 2.16. The van der Waals surface area contributed by atoms with Crippen molar-refractivity contribution in [1.82, 2.24) is 4.90 Å². The molecule has 0 amide bonds. The van der Waals surface area contributed by atoms with E-state index in [-0.39, 0.29) is 11.8 Å². The number of ether oxygens (including phenoxy) is 1. The molecule has 5 heteroatoms. The van der Waals surface area contributed by atoms with Crippen molar-refractivity contribution in [2.45, 2.75) is 0 Å². The number of esters is 1. The summed E-state index contributed by atoms with van der Waals surface area (Å²) in [6.07, 6.45) is 1.17. The first-order chi connectivity index (χ1) is 9.69. The van der Waals surface area contributed by atoms with E-state index >= 15 is 0 Å². The van der Waals surface area contributed by atoms with Crippen LogP contribution in [-0.2, 0) is 9.53 Å². The molecule has 0 aromatic heterocycles. The molecule has 2 rings (SSSR count). The molecule has 0 atom stereocenters. The molecule has 0 saturated carbocycles. The first kappa shape index (κ1) is 14.5. The second kappa shape index (κ2) is 7.05. The van der Waals surface area contributed by atoms with Gasteiger partial charge in [-0.25, -0.2) is 9.18 Å². The molecule has 0 bridgehead atoms. The van der Waals surface area contributed by atoms with Crippen LogP contribution in [0.15, 0.2) is 36.9 Å². The first-order valence-electron chi connectivity index (χ1n) is 6.71. The molecule has 1 heterocycles. The minimum atomic E-state index is -0.380. The van der Waals surface area contributed by atoms with Gasteiger partial charge in [-0.15, -0.1) is 0 Å². The number of anilines is 1. The van der Waals surface area contributed by atoms with E-state index < -0.39 is 0 Å². The Hall–Kier alpha value is -1.88. The maximum absolute atomic E-state index is 12.9. The summed E-state index contributed by atoms with van der Waals surface area (Å²) in [5, 5.41) is 0. The standard InChI is InChI=1S/C15H19FN2O2/c1-2-15(19)20-12-11-17-7-9-18(10-8-17)14-5-3-13(16)4-6-14/h2-6H,1,7-12H2. The number of piperazine rings is 1. The number of carbonyl (C=O) groups excluding carboxylic acids is 1. The van der Waals surface area contributed by atoms with Gasteiger partial charge in [-0.05, 0) is 24.3 Å². The highest BCUT2D eigenvalue weighted by molar-refractivity contribution is 5.81. The molecule has 20 heavy (non-hydrogen) atoms. The van der Waals surface area contributed by atoms with Crippen molar-refractivity contribution in [3.63, 3.8) is 0 Å². The van der Waals surface area contributed by atoms with Gasteiger partial charge in [0.1, 0.15) is 12.4 Å². The minimum absolute atomic E-state index is 0.212. The Bertz CT molecular complexity index is 453. The maximum Gasteiger partial charge on any atom is 0.330 e. The van der Waals surface area contributed by atoms with Gasteiger partial charge in [0.25, 0.3) is 0 Å². The summed E-state index contributed by atoms with van der Waals surface area (Å²) in [6, 6.07) is 6.57. The Labute approximate surface area is 118 Å². The van der Waals surface area contributed by atoms with E-state index in [0.29, 0.717) is 6.61 Å². The van der Waals surface area contributed by atoms with E-state index in [2.05, 4.69) is 16.4 Å². The predicted octanol–water partition coefficient (Wildman–Crippen LogP) is 1.68. The van der Waals surface area contributed by atoms with E-state index in [9.17, 15) is 9.18 Å². The van der Waals surface area contributed by atoms with Gasteiger partial charge in [-0.2, -0.15) is 0 Å². The quantitative estimate of drug-likeness (QED) is 0.606. The lowest BCUT2D eigenvalue weighted by molar-refractivity contribution is -0.138. The van der Waals surface area contributed by atoms with Gasteiger partial charge in [0.05, 0.1) is 0 Å². The van der Waals surface area contributed by atoms with Crippen molar-refractivity contribution in [1.29, 1.82) is 0 Å².